The molecule has 0 amide bonds. The third-order valence-electron chi connectivity index (χ3n) is 2.74. The Hall–Kier alpha value is -1.40. The van der Waals surface area contributed by atoms with Gasteiger partial charge in [0.2, 0.25) is 0 Å². The van der Waals surface area contributed by atoms with Crippen LogP contribution in [0.3, 0.4) is 0 Å². The lowest BCUT2D eigenvalue weighted by molar-refractivity contribution is -0.384. The van der Waals surface area contributed by atoms with E-state index in [-0.39, 0.29) is 16.7 Å². The van der Waals surface area contributed by atoms with Crippen molar-refractivity contribution in [1.82, 2.24) is 0 Å². The van der Waals surface area contributed by atoms with E-state index in [9.17, 15) is 10.1 Å². The van der Waals surface area contributed by atoms with Gasteiger partial charge in [-0.15, -0.1) is 11.3 Å². The fraction of sp³-hybridized carbons (Fsp3) is 0.231. The van der Waals surface area contributed by atoms with Crippen molar-refractivity contribution in [3.63, 3.8) is 0 Å². The van der Waals surface area contributed by atoms with Crippen LogP contribution < -0.4 is 5.32 Å². The van der Waals surface area contributed by atoms with E-state index < -0.39 is 0 Å². The topological polar surface area (TPSA) is 55.2 Å². The molecule has 2 rings (SSSR count). The highest BCUT2D eigenvalue weighted by Gasteiger charge is 2.16. The van der Waals surface area contributed by atoms with Crippen LogP contribution in [0.15, 0.2) is 34.1 Å². The fourth-order valence-corrected chi connectivity index (χ4v) is 3.22. The minimum absolute atomic E-state index is 0.0248. The third kappa shape index (κ3) is 3.33. The molecule has 2 aromatic rings. The van der Waals surface area contributed by atoms with Crippen molar-refractivity contribution in [3.05, 3.63) is 54.7 Å². The van der Waals surface area contributed by atoms with E-state index >= 15 is 0 Å². The summed E-state index contributed by atoms with van der Waals surface area (Å²) < 4.78 is 1.05. The predicted molar refractivity (Wildman–Crippen MR) is 81.9 cm³/mol. The molecular weight excluding hydrogens is 328 g/mol. The van der Waals surface area contributed by atoms with Gasteiger partial charge in [0.25, 0.3) is 5.69 Å². The largest absolute Gasteiger partial charge is 0.372 e. The molecule has 0 aliphatic heterocycles. The maximum absolute atomic E-state index is 11.0. The zero-order chi connectivity index (χ0) is 14.0. The Balaban J connectivity index is 2.27. The van der Waals surface area contributed by atoms with Crippen molar-refractivity contribution in [2.45, 2.75) is 19.9 Å². The first-order chi connectivity index (χ1) is 8.97. The summed E-state index contributed by atoms with van der Waals surface area (Å²) in [4.78, 5) is 11.8. The van der Waals surface area contributed by atoms with Crippen molar-refractivity contribution in [2.75, 3.05) is 5.32 Å². The highest BCUT2D eigenvalue weighted by Crippen LogP contribution is 2.32. The van der Waals surface area contributed by atoms with Gasteiger partial charge in [0.15, 0.2) is 0 Å². The van der Waals surface area contributed by atoms with Gasteiger partial charge in [-0.25, -0.2) is 0 Å². The van der Waals surface area contributed by atoms with E-state index in [2.05, 4.69) is 21.2 Å². The van der Waals surface area contributed by atoms with Crippen LogP contribution in [0.5, 0.6) is 0 Å². The molecular formula is C13H13BrN2O2S. The Morgan fingerprint density at radius 3 is 2.68 bits per heavy atom. The maximum atomic E-state index is 11.0. The molecule has 19 heavy (non-hydrogen) atoms. The van der Waals surface area contributed by atoms with Crippen LogP contribution in [0.25, 0.3) is 0 Å². The number of aryl methyl sites for hydroxylation is 1. The second kappa shape index (κ2) is 5.71. The molecule has 0 fully saturated rings. The molecule has 6 heteroatoms. The predicted octanol–water partition coefficient (Wildman–Crippen LogP) is 4.90. The average molecular weight is 341 g/mol. The smallest absolute Gasteiger partial charge is 0.292 e. The maximum Gasteiger partial charge on any atom is 0.292 e. The summed E-state index contributed by atoms with van der Waals surface area (Å²) in [5.74, 6) is 0. The highest BCUT2D eigenvalue weighted by atomic mass is 79.9. The van der Waals surface area contributed by atoms with Crippen molar-refractivity contribution in [3.8, 4) is 0 Å². The van der Waals surface area contributed by atoms with Crippen LogP contribution in [0.2, 0.25) is 0 Å². The van der Waals surface area contributed by atoms with E-state index in [1.165, 1.54) is 6.07 Å². The first kappa shape index (κ1) is 14.0. The fourth-order valence-electron chi connectivity index (χ4n) is 1.79. The van der Waals surface area contributed by atoms with Gasteiger partial charge in [-0.3, -0.25) is 10.1 Å². The second-order valence-electron chi connectivity index (χ2n) is 4.29. The SMILES string of the molecule is Cc1ccc([N+](=O)[O-])c(NC(C)c2ccc(Br)s2)c1. The Bertz CT molecular complexity index is 612. The molecule has 1 heterocycles. The van der Waals surface area contributed by atoms with Gasteiger partial charge in [0, 0.05) is 10.9 Å². The van der Waals surface area contributed by atoms with E-state index in [0.717, 1.165) is 14.2 Å². The average Bonchev–Trinajstić information content (AvgIpc) is 2.75. The monoisotopic (exact) mass is 340 g/mol. The van der Waals surface area contributed by atoms with Gasteiger partial charge in [-0.05, 0) is 53.5 Å². The molecule has 0 aliphatic rings. The quantitative estimate of drug-likeness (QED) is 0.636. The molecule has 4 nitrogen and oxygen atoms in total. The molecule has 0 radical (unpaired) electrons. The normalized spacial score (nSPS) is 12.2. The number of rotatable bonds is 4. The Labute approximate surface area is 123 Å². The number of halogens is 1. The van der Waals surface area contributed by atoms with Crippen LogP contribution in [0, 0.1) is 17.0 Å². The number of hydrogen-bond donors (Lipinski definition) is 1. The molecule has 0 saturated heterocycles. The molecule has 1 atom stereocenters. The van der Waals surface area contributed by atoms with Crippen molar-refractivity contribution in [1.29, 1.82) is 0 Å². The first-order valence-corrected chi connectivity index (χ1v) is 7.35. The van der Waals surface area contributed by atoms with E-state index in [0.29, 0.717) is 5.69 Å². The van der Waals surface area contributed by atoms with Crippen molar-refractivity contribution in [2.24, 2.45) is 0 Å². The number of hydrogen-bond acceptors (Lipinski definition) is 4. The van der Waals surface area contributed by atoms with Gasteiger partial charge < -0.3 is 5.32 Å². The lowest BCUT2D eigenvalue weighted by Gasteiger charge is -2.14. The molecule has 1 aromatic carbocycles. The molecule has 1 N–H and O–H groups in total. The van der Waals surface area contributed by atoms with Crippen LogP contribution in [0.4, 0.5) is 11.4 Å². The summed E-state index contributed by atoms with van der Waals surface area (Å²) in [6.45, 7) is 3.91. The van der Waals surface area contributed by atoms with E-state index in [4.69, 9.17) is 0 Å². The number of nitro benzene ring substituents is 1. The van der Waals surface area contributed by atoms with Crippen LogP contribution in [-0.2, 0) is 0 Å². The van der Waals surface area contributed by atoms with Gasteiger partial charge in [0.05, 0.1) is 14.8 Å². The Morgan fingerprint density at radius 2 is 2.11 bits per heavy atom. The lowest BCUT2D eigenvalue weighted by atomic mass is 10.1. The van der Waals surface area contributed by atoms with E-state index in [1.807, 2.05) is 26.0 Å². The third-order valence-corrected chi connectivity index (χ3v) is 4.55. The first-order valence-electron chi connectivity index (χ1n) is 5.74. The number of nitrogens with zero attached hydrogens (tertiary/aromatic N) is 1. The van der Waals surface area contributed by atoms with E-state index in [1.54, 1.807) is 23.5 Å². The van der Waals surface area contributed by atoms with Gasteiger partial charge in [-0.1, -0.05) is 6.07 Å². The number of nitrogens with one attached hydrogen (secondary N) is 1. The minimum Gasteiger partial charge on any atom is -0.372 e. The molecule has 0 spiro atoms. The summed E-state index contributed by atoms with van der Waals surface area (Å²) in [6.07, 6.45) is 0. The highest BCUT2D eigenvalue weighted by molar-refractivity contribution is 9.11. The van der Waals surface area contributed by atoms with Gasteiger partial charge in [0.1, 0.15) is 5.69 Å². The van der Waals surface area contributed by atoms with Crippen LogP contribution in [-0.4, -0.2) is 4.92 Å². The second-order valence-corrected chi connectivity index (χ2v) is 6.78. The molecule has 0 bridgehead atoms. The Kier molecular flexibility index (Phi) is 4.21. The number of thiophene rings is 1. The molecule has 1 aromatic heterocycles. The number of anilines is 1. The summed E-state index contributed by atoms with van der Waals surface area (Å²) in [5.41, 5.74) is 1.66. The summed E-state index contributed by atoms with van der Waals surface area (Å²) in [5, 5.41) is 14.2. The Morgan fingerprint density at radius 1 is 1.37 bits per heavy atom. The molecule has 1 unspecified atom stereocenters. The molecule has 0 aliphatic carbocycles. The van der Waals surface area contributed by atoms with Crippen LogP contribution in [0.1, 0.15) is 23.4 Å². The summed E-state index contributed by atoms with van der Waals surface area (Å²) >= 11 is 5.04. The molecule has 0 saturated carbocycles. The molecule has 100 valence electrons. The van der Waals surface area contributed by atoms with Gasteiger partial charge in [-0.2, -0.15) is 0 Å². The van der Waals surface area contributed by atoms with Gasteiger partial charge >= 0.3 is 0 Å². The lowest BCUT2D eigenvalue weighted by Crippen LogP contribution is -2.07. The standard InChI is InChI=1S/C13H13BrN2O2S/c1-8-3-4-11(16(17)18)10(7-8)15-9(2)12-5-6-13(14)19-12/h3-7,9,15H,1-2H3. The summed E-state index contributed by atoms with van der Waals surface area (Å²) in [7, 11) is 0. The minimum atomic E-state index is -0.362. The van der Waals surface area contributed by atoms with Crippen LogP contribution >= 0.6 is 27.3 Å². The zero-order valence-electron chi connectivity index (χ0n) is 10.5. The number of nitro groups is 1. The number of benzene rings is 1. The summed E-state index contributed by atoms with van der Waals surface area (Å²) in [6, 6.07) is 9.09. The van der Waals surface area contributed by atoms with Crippen molar-refractivity contribution >= 4 is 38.6 Å². The zero-order valence-corrected chi connectivity index (χ0v) is 12.9. The van der Waals surface area contributed by atoms with Crippen molar-refractivity contribution < 1.29 is 4.92 Å².